The summed E-state index contributed by atoms with van der Waals surface area (Å²) in [6, 6.07) is 11.3. The molecule has 0 aromatic heterocycles. The highest BCUT2D eigenvalue weighted by Crippen LogP contribution is 2.15. The van der Waals surface area contributed by atoms with Crippen molar-refractivity contribution in [3.8, 4) is 0 Å². The minimum absolute atomic E-state index is 0.664. The monoisotopic (exact) mass is 218 g/mol. The first-order valence-corrected chi connectivity index (χ1v) is 6.34. The smallest absolute Gasteiger partial charge is 0.0205 e. The summed E-state index contributed by atoms with van der Waals surface area (Å²) in [6.45, 7) is 5.61. The molecule has 16 heavy (non-hydrogen) atoms. The molecule has 0 amide bonds. The van der Waals surface area contributed by atoms with Gasteiger partial charge in [-0.3, -0.25) is 0 Å². The van der Waals surface area contributed by atoms with Crippen molar-refractivity contribution in [3.63, 3.8) is 0 Å². The van der Waals surface area contributed by atoms with Gasteiger partial charge in [0.15, 0.2) is 0 Å². The Bertz CT molecular complexity index is 297. The van der Waals surface area contributed by atoms with Crippen molar-refractivity contribution in [2.24, 2.45) is 5.92 Å². The number of piperidine rings is 1. The molecule has 1 aliphatic rings. The molecule has 1 aliphatic heterocycles. The molecule has 1 fully saturated rings. The van der Waals surface area contributed by atoms with Crippen LogP contribution >= 0.6 is 0 Å². The van der Waals surface area contributed by atoms with Gasteiger partial charge in [0, 0.05) is 12.6 Å². The summed E-state index contributed by atoms with van der Waals surface area (Å²) in [5.74, 6) is 0.789. The van der Waals surface area contributed by atoms with Crippen molar-refractivity contribution >= 4 is 0 Å². The molecule has 0 aliphatic carbocycles. The Hall–Kier alpha value is -0.860. The van der Waals surface area contributed by atoms with Crippen LogP contribution < -0.4 is 10.6 Å². The zero-order chi connectivity index (χ0) is 11.2. The van der Waals surface area contributed by atoms with Crippen LogP contribution in [0.1, 0.15) is 25.3 Å². The molecular formula is C14H22N2. The largest absolute Gasteiger partial charge is 0.314 e. The lowest BCUT2D eigenvalue weighted by molar-refractivity contribution is 0.286. The fourth-order valence-electron chi connectivity index (χ4n) is 2.39. The van der Waals surface area contributed by atoms with E-state index in [1.807, 2.05) is 0 Å². The van der Waals surface area contributed by atoms with Gasteiger partial charge in [0.05, 0.1) is 0 Å². The third kappa shape index (κ3) is 3.32. The summed E-state index contributed by atoms with van der Waals surface area (Å²) in [7, 11) is 0. The molecule has 2 N–H and O–H groups in total. The van der Waals surface area contributed by atoms with Crippen molar-refractivity contribution in [2.75, 3.05) is 13.1 Å². The summed E-state index contributed by atoms with van der Waals surface area (Å²) < 4.78 is 0. The first-order chi connectivity index (χ1) is 7.86. The second-order valence-corrected chi connectivity index (χ2v) is 4.76. The molecule has 0 radical (unpaired) electrons. The Balaban J connectivity index is 1.71. The van der Waals surface area contributed by atoms with E-state index in [2.05, 4.69) is 47.9 Å². The highest BCUT2D eigenvalue weighted by atomic mass is 14.9. The first-order valence-electron chi connectivity index (χ1n) is 6.34. The second kappa shape index (κ2) is 6.02. The zero-order valence-corrected chi connectivity index (χ0v) is 10.1. The van der Waals surface area contributed by atoms with E-state index in [9.17, 15) is 0 Å². The van der Waals surface area contributed by atoms with Crippen molar-refractivity contribution in [3.05, 3.63) is 35.9 Å². The number of hydrogen-bond donors (Lipinski definition) is 2. The van der Waals surface area contributed by atoms with Crippen LogP contribution in [0.4, 0.5) is 0 Å². The molecule has 2 rings (SSSR count). The molecule has 1 saturated heterocycles. The van der Waals surface area contributed by atoms with Crippen molar-refractivity contribution < 1.29 is 0 Å². The van der Waals surface area contributed by atoms with Gasteiger partial charge in [-0.15, -0.1) is 0 Å². The van der Waals surface area contributed by atoms with Gasteiger partial charge in [-0.2, -0.15) is 0 Å². The summed E-state index contributed by atoms with van der Waals surface area (Å²) >= 11 is 0. The minimum atomic E-state index is 0.664. The van der Waals surface area contributed by atoms with Crippen LogP contribution in [0.3, 0.4) is 0 Å². The predicted octanol–water partition coefficient (Wildman–Crippen LogP) is 2.16. The number of rotatable bonds is 4. The Morgan fingerprint density at radius 2 is 2.12 bits per heavy atom. The van der Waals surface area contributed by atoms with Crippen LogP contribution in [0.25, 0.3) is 0 Å². The van der Waals surface area contributed by atoms with Gasteiger partial charge in [0.2, 0.25) is 0 Å². The third-order valence-electron chi connectivity index (χ3n) is 3.50. The topological polar surface area (TPSA) is 24.1 Å². The van der Waals surface area contributed by atoms with Gasteiger partial charge in [0.25, 0.3) is 0 Å². The molecule has 2 nitrogen and oxygen atoms in total. The van der Waals surface area contributed by atoms with Gasteiger partial charge >= 0.3 is 0 Å². The van der Waals surface area contributed by atoms with Crippen LogP contribution in [0.2, 0.25) is 0 Å². The zero-order valence-electron chi connectivity index (χ0n) is 10.1. The molecule has 0 saturated carbocycles. The molecule has 1 aromatic rings. The maximum Gasteiger partial charge on any atom is 0.0205 e. The Morgan fingerprint density at radius 3 is 2.88 bits per heavy atom. The van der Waals surface area contributed by atoms with Crippen molar-refractivity contribution in [1.29, 1.82) is 0 Å². The first kappa shape index (κ1) is 11.6. The van der Waals surface area contributed by atoms with Gasteiger partial charge in [-0.1, -0.05) is 30.3 Å². The van der Waals surface area contributed by atoms with Gasteiger partial charge in [-0.05, 0) is 44.3 Å². The summed E-state index contributed by atoms with van der Waals surface area (Å²) in [5.41, 5.74) is 1.37. The lowest BCUT2D eigenvalue weighted by Crippen LogP contribution is -2.43. The highest BCUT2D eigenvalue weighted by Gasteiger charge is 2.19. The van der Waals surface area contributed by atoms with E-state index in [1.165, 1.54) is 24.9 Å². The van der Waals surface area contributed by atoms with E-state index < -0.39 is 0 Å². The number of nitrogens with one attached hydrogen (secondary N) is 2. The Kier molecular flexibility index (Phi) is 4.37. The molecule has 2 heteroatoms. The lowest BCUT2D eigenvalue weighted by atomic mass is 9.92. The molecule has 2 atom stereocenters. The predicted molar refractivity (Wildman–Crippen MR) is 68.3 cm³/mol. The van der Waals surface area contributed by atoms with Gasteiger partial charge in [-0.25, -0.2) is 0 Å². The molecule has 0 spiro atoms. The average molecular weight is 218 g/mol. The Morgan fingerprint density at radius 1 is 1.31 bits per heavy atom. The number of benzene rings is 1. The van der Waals surface area contributed by atoms with E-state index in [0.717, 1.165) is 19.0 Å². The normalized spacial score (nSPS) is 25.6. The van der Waals surface area contributed by atoms with Crippen molar-refractivity contribution in [2.45, 2.75) is 32.4 Å². The average Bonchev–Trinajstić information content (AvgIpc) is 2.33. The number of hydrogen-bond acceptors (Lipinski definition) is 2. The molecule has 88 valence electrons. The SMILES string of the molecule is C[C@@H]1NCCC[C@@H]1CNCc1ccccc1. The van der Waals surface area contributed by atoms with E-state index in [4.69, 9.17) is 0 Å². The van der Waals surface area contributed by atoms with E-state index in [0.29, 0.717) is 6.04 Å². The quantitative estimate of drug-likeness (QED) is 0.809. The molecule has 1 heterocycles. The van der Waals surface area contributed by atoms with Crippen LogP contribution in [-0.2, 0) is 6.54 Å². The molecular weight excluding hydrogens is 196 g/mol. The van der Waals surface area contributed by atoms with E-state index in [1.54, 1.807) is 0 Å². The molecule has 1 aromatic carbocycles. The lowest BCUT2D eigenvalue weighted by Gasteiger charge is -2.30. The summed E-state index contributed by atoms with van der Waals surface area (Å²) in [5, 5.41) is 7.10. The van der Waals surface area contributed by atoms with Crippen molar-refractivity contribution in [1.82, 2.24) is 10.6 Å². The van der Waals surface area contributed by atoms with E-state index in [-0.39, 0.29) is 0 Å². The molecule has 0 unspecified atom stereocenters. The molecule has 0 bridgehead atoms. The maximum absolute atomic E-state index is 3.56. The van der Waals surface area contributed by atoms with Crippen LogP contribution in [0.15, 0.2) is 30.3 Å². The summed E-state index contributed by atoms with van der Waals surface area (Å²) in [4.78, 5) is 0. The highest BCUT2D eigenvalue weighted by molar-refractivity contribution is 5.14. The van der Waals surface area contributed by atoms with E-state index >= 15 is 0 Å². The maximum atomic E-state index is 3.56. The van der Waals surface area contributed by atoms with Gasteiger partial charge < -0.3 is 10.6 Å². The van der Waals surface area contributed by atoms with Crippen LogP contribution in [-0.4, -0.2) is 19.1 Å². The third-order valence-corrected chi connectivity index (χ3v) is 3.50. The fraction of sp³-hybridized carbons (Fsp3) is 0.571. The standard InChI is InChI=1S/C14H22N2/c1-12-14(8-5-9-16-12)11-15-10-13-6-3-2-4-7-13/h2-4,6-7,12,14-16H,5,8-11H2,1H3/t12-,14+/m0/s1. The fourth-order valence-corrected chi connectivity index (χ4v) is 2.39. The minimum Gasteiger partial charge on any atom is -0.314 e. The van der Waals surface area contributed by atoms with Gasteiger partial charge in [0.1, 0.15) is 0 Å². The van der Waals surface area contributed by atoms with Crippen LogP contribution in [0, 0.1) is 5.92 Å². The summed E-state index contributed by atoms with van der Waals surface area (Å²) in [6.07, 6.45) is 2.68. The Labute approximate surface area is 98.4 Å². The van der Waals surface area contributed by atoms with Crippen LogP contribution in [0.5, 0.6) is 0 Å². The second-order valence-electron chi connectivity index (χ2n) is 4.76.